The highest BCUT2D eigenvalue weighted by Crippen LogP contribution is 2.41. The first-order chi connectivity index (χ1) is 20.4. The molecule has 1 atom stereocenters. The molecule has 1 heterocycles. The molecule has 3 aromatic carbocycles. The number of carbonyl (C=O) groups is 2. The zero-order chi connectivity index (χ0) is 29.5. The Morgan fingerprint density at radius 2 is 1.76 bits per heavy atom. The number of ether oxygens (including phenoxy) is 2. The number of nitrogens with zero attached hydrogens (tertiary/aromatic N) is 1. The number of amides is 1. The zero-order valence-corrected chi connectivity index (χ0v) is 24.6. The second-order valence-corrected chi connectivity index (χ2v) is 11.5. The molecule has 5 rings (SSSR count). The van der Waals surface area contributed by atoms with Crippen molar-refractivity contribution in [1.29, 1.82) is 0 Å². The van der Waals surface area contributed by atoms with Gasteiger partial charge in [0.15, 0.2) is 0 Å². The predicted molar refractivity (Wildman–Crippen MR) is 164 cm³/mol. The lowest BCUT2D eigenvalue weighted by molar-refractivity contribution is -0.144. The molecule has 0 aromatic heterocycles. The van der Waals surface area contributed by atoms with Crippen molar-refractivity contribution in [3.05, 3.63) is 82.4 Å². The number of likely N-dealkylation sites (tertiary alicyclic amines) is 1. The van der Waals surface area contributed by atoms with Crippen molar-refractivity contribution in [3.8, 4) is 22.6 Å². The first kappa shape index (κ1) is 29.6. The van der Waals surface area contributed by atoms with Crippen LogP contribution in [0.2, 0.25) is 0 Å². The Kier molecular flexibility index (Phi) is 9.80. The van der Waals surface area contributed by atoms with Crippen LogP contribution < -0.4 is 15.2 Å². The Hall–Kier alpha value is -3.84. The van der Waals surface area contributed by atoms with Gasteiger partial charge in [-0.15, -0.1) is 0 Å². The molecule has 42 heavy (non-hydrogen) atoms. The van der Waals surface area contributed by atoms with E-state index in [-0.39, 0.29) is 5.91 Å². The second-order valence-electron chi connectivity index (χ2n) is 11.5. The van der Waals surface area contributed by atoms with Gasteiger partial charge in [-0.1, -0.05) is 55.0 Å². The van der Waals surface area contributed by atoms with Gasteiger partial charge < -0.3 is 20.3 Å². The number of benzene rings is 3. The third kappa shape index (κ3) is 6.96. The molecule has 0 saturated carbocycles. The van der Waals surface area contributed by atoms with E-state index in [1.807, 2.05) is 12.1 Å². The topological polar surface area (TPSA) is 102 Å². The van der Waals surface area contributed by atoms with E-state index in [0.717, 1.165) is 61.3 Å². The van der Waals surface area contributed by atoms with Crippen molar-refractivity contribution >= 4 is 11.9 Å². The second kappa shape index (κ2) is 13.9. The molecule has 7 heteroatoms. The fourth-order valence-corrected chi connectivity index (χ4v) is 6.39. The highest BCUT2D eigenvalue weighted by Gasteiger charge is 2.31. The minimum absolute atomic E-state index is 0.305. The molecule has 1 fully saturated rings. The molecule has 0 radical (unpaired) electrons. The molecule has 0 unspecified atom stereocenters. The van der Waals surface area contributed by atoms with Gasteiger partial charge in [-0.2, -0.15) is 0 Å². The van der Waals surface area contributed by atoms with Crippen LogP contribution >= 0.6 is 0 Å². The van der Waals surface area contributed by atoms with E-state index in [0.29, 0.717) is 45.4 Å². The molecule has 3 N–H and O–H groups in total. The molecule has 1 saturated heterocycles. The Labute approximate surface area is 248 Å². The van der Waals surface area contributed by atoms with Gasteiger partial charge in [-0.05, 0) is 91.8 Å². The van der Waals surface area contributed by atoms with Crippen LogP contribution in [-0.4, -0.2) is 41.1 Å². The summed E-state index contributed by atoms with van der Waals surface area (Å²) in [5, 5.41) is 9.90. The average molecular weight is 571 g/mol. The van der Waals surface area contributed by atoms with Crippen LogP contribution in [0.3, 0.4) is 0 Å². The quantitative estimate of drug-likeness (QED) is 0.237. The summed E-state index contributed by atoms with van der Waals surface area (Å²) in [6, 6.07) is 18.3. The van der Waals surface area contributed by atoms with Crippen LogP contribution in [-0.2, 0) is 35.6 Å². The Morgan fingerprint density at radius 3 is 2.55 bits per heavy atom. The van der Waals surface area contributed by atoms with E-state index in [1.165, 1.54) is 27.8 Å². The Balaban J connectivity index is 1.42. The standard InChI is InChI=1S/C35H42N2O5/c1-24-26(13-9-14-27(24)25-11-3-2-4-12-25)23-42-32-21-33(41-20-8-6-18-34(36)38)30(28-15-10-16-29(28)32)22-37-19-7-5-17-31(37)35(39)40/h2-4,9,11-14,21,31H,5-8,10,15-20,22-23H2,1H3,(H2,36,38)(H,39,40)/t31-/m0/s1. The van der Waals surface area contributed by atoms with Crippen molar-refractivity contribution in [3.63, 3.8) is 0 Å². The molecule has 0 spiro atoms. The molecule has 1 amide bonds. The summed E-state index contributed by atoms with van der Waals surface area (Å²) in [6.45, 7) is 4.36. The van der Waals surface area contributed by atoms with E-state index in [2.05, 4.69) is 54.3 Å². The summed E-state index contributed by atoms with van der Waals surface area (Å²) >= 11 is 0. The molecule has 1 aliphatic carbocycles. The number of hydrogen-bond donors (Lipinski definition) is 2. The fourth-order valence-electron chi connectivity index (χ4n) is 6.39. The summed E-state index contributed by atoms with van der Waals surface area (Å²) < 4.78 is 12.9. The van der Waals surface area contributed by atoms with Crippen molar-refractivity contribution in [2.45, 2.75) is 83.9 Å². The maximum atomic E-state index is 12.1. The summed E-state index contributed by atoms with van der Waals surface area (Å²) in [5.41, 5.74) is 13.6. The number of primary amides is 1. The fraction of sp³-hybridized carbons (Fsp3) is 0.429. The minimum atomic E-state index is -0.756. The number of rotatable bonds is 13. The SMILES string of the molecule is Cc1c(COc2cc(OCCCCC(N)=O)c(CN3CCCC[C@H]3C(=O)O)c3c2CCC3)cccc1-c1ccccc1. The molecular weight excluding hydrogens is 528 g/mol. The number of fused-ring (bicyclic) bond motifs is 1. The van der Waals surface area contributed by atoms with Crippen LogP contribution in [0, 0.1) is 6.92 Å². The van der Waals surface area contributed by atoms with Crippen molar-refractivity contribution in [2.75, 3.05) is 13.2 Å². The van der Waals surface area contributed by atoms with Gasteiger partial charge in [-0.3, -0.25) is 14.5 Å². The number of unbranched alkanes of at least 4 members (excludes halogenated alkanes) is 1. The number of nitrogens with two attached hydrogens (primary N) is 1. The van der Waals surface area contributed by atoms with Crippen LogP contribution in [0.15, 0.2) is 54.6 Å². The highest BCUT2D eigenvalue weighted by molar-refractivity contribution is 5.74. The third-order valence-corrected chi connectivity index (χ3v) is 8.69. The van der Waals surface area contributed by atoms with Gasteiger partial charge in [0.1, 0.15) is 24.1 Å². The molecule has 3 aromatic rings. The third-order valence-electron chi connectivity index (χ3n) is 8.69. The highest BCUT2D eigenvalue weighted by atomic mass is 16.5. The lowest BCUT2D eigenvalue weighted by atomic mass is 9.96. The number of carboxylic acids is 1. The summed E-state index contributed by atoms with van der Waals surface area (Å²) in [6.07, 6.45) is 7.21. The summed E-state index contributed by atoms with van der Waals surface area (Å²) in [4.78, 5) is 25.3. The van der Waals surface area contributed by atoms with Gasteiger partial charge in [-0.25, -0.2) is 0 Å². The molecular formula is C35H42N2O5. The molecule has 2 aliphatic rings. The lowest BCUT2D eigenvalue weighted by Gasteiger charge is -2.34. The van der Waals surface area contributed by atoms with Gasteiger partial charge in [0.05, 0.1) is 6.61 Å². The van der Waals surface area contributed by atoms with E-state index >= 15 is 0 Å². The lowest BCUT2D eigenvalue weighted by Crippen LogP contribution is -2.44. The number of piperidine rings is 1. The van der Waals surface area contributed by atoms with E-state index < -0.39 is 12.0 Å². The monoisotopic (exact) mass is 570 g/mol. The summed E-state index contributed by atoms with van der Waals surface area (Å²) in [7, 11) is 0. The number of carbonyl (C=O) groups excluding carboxylic acids is 1. The Bertz CT molecular complexity index is 1400. The first-order valence-corrected chi connectivity index (χ1v) is 15.2. The molecule has 1 aliphatic heterocycles. The van der Waals surface area contributed by atoms with Gasteiger partial charge in [0, 0.05) is 24.6 Å². The average Bonchev–Trinajstić information content (AvgIpc) is 3.48. The molecule has 0 bridgehead atoms. The van der Waals surface area contributed by atoms with Gasteiger partial charge in [0.2, 0.25) is 5.91 Å². The van der Waals surface area contributed by atoms with E-state index in [4.69, 9.17) is 15.2 Å². The van der Waals surface area contributed by atoms with E-state index in [1.54, 1.807) is 0 Å². The maximum absolute atomic E-state index is 12.1. The van der Waals surface area contributed by atoms with Crippen molar-refractivity contribution in [2.24, 2.45) is 5.73 Å². The summed E-state index contributed by atoms with van der Waals surface area (Å²) in [5.74, 6) is 0.541. The maximum Gasteiger partial charge on any atom is 0.320 e. The smallest absolute Gasteiger partial charge is 0.320 e. The number of aliphatic carboxylic acids is 1. The van der Waals surface area contributed by atoms with Crippen LogP contribution in [0.5, 0.6) is 11.5 Å². The molecule has 7 nitrogen and oxygen atoms in total. The Morgan fingerprint density at radius 1 is 0.952 bits per heavy atom. The minimum Gasteiger partial charge on any atom is -0.493 e. The van der Waals surface area contributed by atoms with Gasteiger partial charge in [0.25, 0.3) is 0 Å². The van der Waals surface area contributed by atoms with Crippen LogP contribution in [0.4, 0.5) is 0 Å². The first-order valence-electron chi connectivity index (χ1n) is 15.2. The number of carboxylic acid groups (broad SMARTS) is 1. The van der Waals surface area contributed by atoms with Crippen LogP contribution in [0.1, 0.15) is 72.8 Å². The zero-order valence-electron chi connectivity index (χ0n) is 24.6. The van der Waals surface area contributed by atoms with Crippen molar-refractivity contribution < 1.29 is 24.2 Å². The molecule has 222 valence electrons. The largest absolute Gasteiger partial charge is 0.493 e. The normalized spacial score (nSPS) is 16.6. The predicted octanol–water partition coefficient (Wildman–Crippen LogP) is 6.20. The van der Waals surface area contributed by atoms with Gasteiger partial charge >= 0.3 is 5.97 Å². The van der Waals surface area contributed by atoms with E-state index in [9.17, 15) is 14.7 Å². The van der Waals surface area contributed by atoms with Crippen LogP contribution in [0.25, 0.3) is 11.1 Å². The number of hydrogen-bond acceptors (Lipinski definition) is 5. The van der Waals surface area contributed by atoms with Crippen molar-refractivity contribution in [1.82, 2.24) is 4.90 Å².